The topological polar surface area (TPSA) is 33.1 Å². The van der Waals surface area contributed by atoms with Crippen LogP contribution in [0.1, 0.15) is 18.1 Å². The first kappa shape index (κ1) is 13.3. The summed E-state index contributed by atoms with van der Waals surface area (Å²) in [6.07, 6.45) is 3.55. The summed E-state index contributed by atoms with van der Waals surface area (Å²) in [5, 5.41) is 13.1. The molecule has 0 saturated heterocycles. The third-order valence-electron chi connectivity index (χ3n) is 3.58. The van der Waals surface area contributed by atoms with Gasteiger partial charge < -0.3 is 5.11 Å². The highest BCUT2D eigenvalue weighted by Crippen LogP contribution is 2.34. The largest absolute Gasteiger partial charge is 0.381 e. The first-order valence-electron chi connectivity index (χ1n) is 6.41. The fourth-order valence-electron chi connectivity index (χ4n) is 2.45. The molecule has 1 aromatic heterocycles. The minimum Gasteiger partial charge on any atom is -0.381 e. The molecule has 1 heterocycles. The number of fused-ring (bicyclic) bond motifs is 1. The number of nitrogens with zero attached hydrogens (tertiary/aromatic N) is 1. The maximum Gasteiger partial charge on any atom is 0.114 e. The Balaban J connectivity index is 2.23. The molecule has 0 radical (unpaired) electrons. The van der Waals surface area contributed by atoms with Crippen molar-refractivity contribution in [1.29, 1.82) is 0 Å². The van der Waals surface area contributed by atoms with Crippen molar-refractivity contribution in [1.82, 2.24) is 4.98 Å². The number of aliphatic hydroxyl groups is 1. The van der Waals surface area contributed by atoms with Gasteiger partial charge in [-0.2, -0.15) is 0 Å². The van der Waals surface area contributed by atoms with Crippen LogP contribution in [0.25, 0.3) is 10.8 Å². The van der Waals surface area contributed by atoms with Gasteiger partial charge in [-0.15, -0.1) is 0 Å². The molecule has 2 nitrogen and oxygen atoms in total. The lowest BCUT2D eigenvalue weighted by molar-refractivity contribution is 0.103. The van der Waals surface area contributed by atoms with Gasteiger partial charge in [-0.3, -0.25) is 4.98 Å². The molecule has 0 aliphatic carbocycles. The van der Waals surface area contributed by atoms with Crippen LogP contribution in [-0.2, 0) is 5.60 Å². The van der Waals surface area contributed by atoms with E-state index < -0.39 is 5.60 Å². The van der Waals surface area contributed by atoms with Gasteiger partial charge >= 0.3 is 0 Å². The fourth-order valence-corrected chi connectivity index (χ4v) is 2.85. The second-order valence-electron chi connectivity index (χ2n) is 4.99. The Bertz CT molecular complexity index is 762. The van der Waals surface area contributed by atoms with Crippen LogP contribution in [0.4, 0.5) is 0 Å². The van der Waals surface area contributed by atoms with Gasteiger partial charge in [-0.05, 0) is 30.0 Å². The van der Waals surface area contributed by atoms with E-state index in [2.05, 4.69) is 20.9 Å². The van der Waals surface area contributed by atoms with Crippen molar-refractivity contribution in [3.8, 4) is 0 Å². The maximum atomic E-state index is 11.0. The van der Waals surface area contributed by atoms with E-state index in [1.165, 1.54) is 0 Å². The zero-order chi connectivity index (χ0) is 14.2. The molecule has 0 fully saturated rings. The Kier molecular flexibility index (Phi) is 3.32. The minimum atomic E-state index is -1.09. The van der Waals surface area contributed by atoms with E-state index in [0.717, 1.165) is 26.4 Å². The van der Waals surface area contributed by atoms with Crippen LogP contribution >= 0.6 is 15.9 Å². The Morgan fingerprint density at radius 2 is 1.85 bits per heavy atom. The SMILES string of the molecule is CC(O)(c1cccc(Br)c1)c1cncc2ccccc12. The lowest BCUT2D eigenvalue weighted by atomic mass is 9.86. The summed E-state index contributed by atoms with van der Waals surface area (Å²) in [6, 6.07) is 15.7. The molecule has 1 N–H and O–H groups in total. The molecule has 3 aromatic rings. The number of pyridine rings is 1. The van der Waals surface area contributed by atoms with Crippen LogP contribution in [0.5, 0.6) is 0 Å². The Hall–Kier alpha value is -1.71. The first-order valence-corrected chi connectivity index (χ1v) is 7.20. The molecule has 0 amide bonds. The van der Waals surface area contributed by atoms with Crippen LogP contribution < -0.4 is 0 Å². The van der Waals surface area contributed by atoms with E-state index >= 15 is 0 Å². The highest BCUT2D eigenvalue weighted by Gasteiger charge is 2.27. The van der Waals surface area contributed by atoms with Crippen molar-refractivity contribution in [3.63, 3.8) is 0 Å². The number of aromatic nitrogens is 1. The molecule has 3 rings (SSSR count). The van der Waals surface area contributed by atoms with Gasteiger partial charge in [-0.25, -0.2) is 0 Å². The van der Waals surface area contributed by atoms with E-state index in [0.29, 0.717) is 0 Å². The van der Waals surface area contributed by atoms with E-state index in [-0.39, 0.29) is 0 Å². The highest BCUT2D eigenvalue weighted by molar-refractivity contribution is 9.10. The molecule has 1 atom stereocenters. The standard InChI is InChI=1S/C17H14BrNO/c1-17(20,13-6-4-7-14(18)9-13)16-11-19-10-12-5-2-3-8-15(12)16/h2-11,20H,1H3. The normalized spacial score (nSPS) is 14.2. The van der Waals surface area contributed by atoms with Crippen LogP contribution in [0.3, 0.4) is 0 Å². The second kappa shape index (κ2) is 5.00. The Morgan fingerprint density at radius 1 is 1.05 bits per heavy atom. The van der Waals surface area contributed by atoms with Gasteiger partial charge in [0, 0.05) is 27.8 Å². The molecule has 20 heavy (non-hydrogen) atoms. The summed E-state index contributed by atoms with van der Waals surface area (Å²) >= 11 is 3.45. The van der Waals surface area contributed by atoms with Crippen molar-refractivity contribution in [2.75, 3.05) is 0 Å². The van der Waals surface area contributed by atoms with Crippen molar-refractivity contribution in [2.45, 2.75) is 12.5 Å². The Labute approximate surface area is 126 Å². The molecular formula is C17H14BrNO. The average Bonchev–Trinajstić information content (AvgIpc) is 2.46. The molecule has 3 heteroatoms. The fraction of sp³-hybridized carbons (Fsp3) is 0.118. The number of benzene rings is 2. The zero-order valence-electron chi connectivity index (χ0n) is 11.0. The summed E-state index contributed by atoms with van der Waals surface area (Å²) in [4.78, 5) is 4.26. The quantitative estimate of drug-likeness (QED) is 0.763. The predicted molar refractivity (Wildman–Crippen MR) is 84.6 cm³/mol. The number of halogens is 1. The smallest absolute Gasteiger partial charge is 0.114 e. The summed E-state index contributed by atoms with van der Waals surface area (Å²) in [7, 11) is 0. The van der Waals surface area contributed by atoms with Crippen molar-refractivity contribution in [3.05, 3.63) is 76.5 Å². The first-order chi connectivity index (χ1) is 9.59. The highest BCUT2D eigenvalue weighted by atomic mass is 79.9. The molecular weight excluding hydrogens is 314 g/mol. The second-order valence-corrected chi connectivity index (χ2v) is 5.91. The van der Waals surface area contributed by atoms with E-state index in [1.54, 1.807) is 13.1 Å². The molecule has 0 spiro atoms. The molecule has 2 aromatic carbocycles. The van der Waals surface area contributed by atoms with Gasteiger partial charge in [0.25, 0.3) is 0 Å². The molecule has 0 saturated carbocycles. The Morgan fingerprint density at radius 3 is 2.65 bits per heavy atom. The van der Waals surface area contributed by atoms with Crippen LogP contribution in [0.2, 0.25) is 0 Å². The van der Waals surface area contributed by atoms with Gasteiger partial charge in [0.15, 0.2) is 0 Å². The predicted octanol–water partition coefficient (Wildman–Crippen LogP) is 4.25. The van der Waals surface area contributed by atoms with Gasteiger partial charge in [0.2, 0.25) is 0 Å². The monoisotopic (exact) mass is 327 g/mol. The van der Waals surface area contributed by atoms with E-state index in [4.69, 9.17) is 0 Å². The maximum absolute atomic E-state index is 11.0. The number of hydrogen-bond acceptors (Lipinski definition) is 2. The number of hydrogen-bond donors (Lipinski definition) is 1. The number of rotatable bonds is 2. The molecule has 100 valence electrons. The summed E-state index contributed by atoms with van der Waals surface area (Å²) in [6.45, 7) is 1.80. The van der Waals surface area contributed by atoms with E-state index in [1.807, 2.05) is 54.7 Å². The van der Waals surface area contributed by atoms with Crippen LogP contribution in [-0.4, -0.2) is 10.1 Å². The van der Waals surface area contributed by atoms with Crippen molar-refractivity contribution < 1.29 is 5.11 Å². The average molecular weight is 328 g/mol. The zero-order valence-corrected chi connectivity index (χ0v) is 12.6. The lowest BCUT2D eigenvalue weighted by Gasteiger charge is -2.25. The molecule has 1 unspecified atom stereocenters. The summed E-state index contributed by atoms with van der Waals surface area (Å²) in [5.41, 5.74) is 0.566. The van der Waals surface area contributed by atoms with Crippen molar-refractivity contribution >= 4 is 26.7 Å². The van der Waals surface area contributed by atoms with Gasteiger partial charge in [-0.1, -0.05) is 52.3 Å². The lowest BCUT2D eigenvalue weighted by Crippen LogP contribution is -2.23. The summed E-state index contributed by atoms with van der Waals surface area (Å²) in [5.74, 6) is 0. The minimum absolute atomic E-state index is 0.814. The molecule has 0 aliphatic rings. The van der Waals surface area contributed by atoms with Crippen LogP contribution in [0.15, 0.2) is 65.4 Å². The van der Waals surface area contributed by atoms with E-state index in [9.17, 15) is 5.11 Å². The third-order valence-corrected chi connectivity index (χ3v) is 4.07. The third kappa shape index (κ3) is 2.23. The summed E-state index contributed by atoms with van der Waals surface area (Å²) < 4.78 is 0.948. The van der Waals surface area contributed by atoms with Gasteiger partial charge in [0.05, 0.1) is 0 Å². The molecule has 0 bridgehead atoms. The molecule has 0 aliphatic heterocycles. The van der Waals surface area contributed by atoms with Crippen LogP contribution in [0, 0.1) is 0 Å². The van der Waals surface area contributed by atoms with Gasteiger partial charge in [0.1, 0.15) is 5.60 Å². The van der Waals surface area contributed by atoms with Crippen molar-refractivity contribution in [2.24, 2.45) is 0 Å².